The van der Waals surface area contributed by atoms with Crippen molar-refractivity contribution in [3.05, 3.63) is 23.8 Å². The lowest BCUT2D eigenvalue weighted by atomic mass is 10.1. The smallest absolute Gasteiger partial charge is 0.315 e. The van der Waals surface area contributed by atoms with E-state index in [4.69, 9.17) is 9.47 Å². The lowest BCUT2D eigenvalue weighted by Crippen LogP contribution is -2.41. The number of urea groups is 1. The van der Waals surface area contributed by atoms with Crippen molar-refractivity contribution in [3.8, 4) is 11.5 Å². The van der Waals surface area contributed by atoms with Crippen molar-refractivity contribution in [1.29, 1.82) is 0 Å². The van der Waals surface area contributed by atoms with Gasteiger partial charge in [0.2, 0.25) is 12.7 Å². The molecule has 126 valence electrons. The minimum absolute atomic E-state index is 0.0269. The fourth-order valence-corrected chi connectivity index (χ4v) is 2.08. The highest BCUT2D eigenvalue weighted by Crippen LogP contribution is 2.34. The third-order valence-corrected chi connectivity index (χ3v) is 3.48. The van der Waals surface area contributed by atoms with E-state index in [1.165, 1.54) is 0 Å². The van der Waals surface area contributed by atoms with Crippen LogP contribution in [0.25, 0.3) is 0 Å². The van der Waals surface area contributed by atoms with Crippen LogP contribution in [0.1, 0.15) is 32.4 Å². The summed E-state index contributed by atoms with van der Waals surface area (Å²) in [6, 6.07) is 5.12. The van der Waals surface area contributed by atoms with Crippen molar-refractivity contribution >= 4 is 11.9 Å². The lowest BCUT2D eigenvalue weighted by molar-refractivity contribution is -0.123. The summed E-state index contributed by atoms with van der Waals surface area (Å²) in [5, 5.41) is 8.29. The SMILES string of the molecule is CC(C)C(=O)NCCNC(=O)NC(C)c1ccc2c(c1)OCO2. The highest BCUT2D eigenvalue weighted by Gasteiger charge is 2.16. The summed E-state index contributed by atoms with van der Waals surface area (Å²) in [4.78, 5) is 23.2. The number of benzene rings is 1. The number of rotatable bonds is 6. The molecule has 3 amide bonds. The molecule has 1 aromatic carbocycles. The number of ether oxygens (including phenoxy) is 2. The quantitative estimate of drug-likeness (QED) is 0.694. The molecule has 0 bridgehead atoms. The second-order valence-corrected chi connectivity index (χ2v) is 5.68. The molecule has 0 saturated heterocycles. The highest BCUT2D eigenvalue weighted by atomic mass is 16.7. The zero-order valence-corrected chi connectivity index (χ0v) is 13.6. The molecular weight excluding hydrogens is 298 g/mol. The molecule has 7 nitrogen and oxygen atoms in total. The van der Waals surface area contributed by atoms with E-state index < -0.39 is 0 Å². The van der Waals surface area contributed by atoms with Gasteiger partial charge >= 0.3 is 6.03 Å². The third-order valence-electron chi connectivity index (χ3n) is 3.48. The summed E-state index contributed by atoms with van der Waals surface area (Å²) in [6.07, 6.45) is 0. The standard InChI is InChI=1S/C16H23N3O4/c1-10(2)15(20)17-6-7-18-16(21)19-11(3)12-4-5-13-14(8-12)23-9-22-13/h4-5,8,10-11H,6-7,9H2,1-3H3,(H,17,20)(H2,18,19,21). The molecule has 0 fully saturated rings. The van der Waals surface area contributed by atoms with Gasteiger partial charge in [0.25, 0.3) is 0 Å². The molecule has 1 aromatic rings. The van der Waals surface area contributed by atoms with Crippen LogP contribution in [0.15, 0.2) is 18.2 Å². The maximum Gasteiger partial charge on any atom is 0.315 e. The summed E-state index contributed by atoms with van der Waals surface area (Å²) < 4.78 is 10.6. The Hall–Kier alpha value is -2.44. The number of carbonyl (C=O) groups is 2. The number of hydrogen-bond acceptors (Lipinski definition) is 4. The highest BCUT2D eigenvalue weighted by molar-refractivity contribution is 5.78. The van der Waals surface area contributed by atoms with Gasteiger partial charge in [-0.2, -0.15) is 0 Å². The molecule has 1 aliphatic rings. The Balaban J connectivity index is 1.73. The van der Waals surface area contributed by atoms with Crippen LogP contribution in [0.4, 0.5) is 4.79 Å². The molecule has 23 heavy (non-hydrogen) atoms. The van der Waals surface area contributed by atoms with Gasteiger partial charge in [0, 0.05) is 19.0 Å². The maximum absolute atomic E-state index is 11.8. The molecule has 2 rings (SSSR count). The Morgan fingerprint density at radius 1 is 1.09 bits per heavy atom. The number of amides is 3. The topological polar surface area (TPSA) is 88.7 Å². The van der Waals surface area contributed by atoms with Crippen LogP contribution >= 0.6 is 0 Å². The Morgan fingerprint density at radius 2 is 1.78 bits per heavy atom. The van der Waals surface area contributed by atoms with Gasteiger partial charge in [-0.25, -0.2) is 4.79 Å². The zero-order chi connectivity index (χ0) is 16.8. The predicted octanol–water partition coefficient (Wildman–Crippen LogP) is 1.55. The first-order chi connectivity index (χ1) is 11.0. The molecule has 1 unspecified atom stereocenters. The van der Waals surface area contributed by atoms with Gasteiger partial charge in [-0.3, -0.25) is 4.79 Å². The van der Waals surface area contributed by atoms with Gasteiger partial charge in [-0.1, -0.05) is 19.9 Å². The van der Waals surface area contributed by atoms with Crippen LogP contribution in [-0.2, 0) is 4.79 Å². The van der Waals surface area contributed by atoms with Crippen LogP contribution in [0.3, 0.4) is 0 Å². The fourth-order valence-electron chi connectivity index (χ4n) is 2.08. The first-order valence-electron chi connectivity index (χ1n) is 7.69. The van der Waals surface area contributed by atoms with E-state index in [1.54, 1.807) is 0 Å². The van der Waals surface area contributed by atoms with Gasteiger partial charge < -0.3 is 25.4 Å². The van der Waals surface area contributed by atoms with Crippen LogP contribution in [-0.4, -0.2) is 31.8 Å². The number of fused-ring (bicyclic) bond motifs is 1. The second-order valence-electron chi connectivity index (χ2n) is 5.68. The fraction of sp³-hybridized carbons (Fsp3) is 0.500. The van der Waals surface area contributed by atoms with Crippen LogP contribution in [0.5, 0.6) is 11.5 Å². The van der Waals surface area contributed by atoms with Crippen molar-refractivity contribution in [2.24, 2.45) is 5.92 Å². The van der Waals surface area contributed by atoms with Crippen molar-refractivity contribution in [2.75, 3.05) is 19.9 Å². The molecule has 7 heteroatoms. The minimum Gasteiger partial charge on any atom is -0.454 e. The summed E-state index contributed by atoms with van der Waals surface area (Å²) in [6.45, 7) is 6.53. The molecule has 0 aromatic heterocycles. The number of nitrogens with one attached hydrogen (secondary N) is 3. The molecule has 0 aliphatic carbocycles. The van der Waals surface area contributed by atoms with Gasteiger partial charge in [0.05, 0.1) is 6.04 Å². The first-order valence-corrected chi connectivity index (χ1v) is 7.69. The van der Waals surface area contributed by atoms with E-state index in [2.05, 4.69) is 16.0 Å². The Labute approximate surface area is 135 Å². The summed E-state index contributed by atoms with van der Waals surface area (Å²) in [5.74, 6) is 1.31. The zero-order valence-electron chi connectivity index (χ0n) is 13.6. The Kier molecular flexibility index (Phi) is 5.67. The van der Waals surface area contributed by atoms with E-state index in [0.717, 1.165) is 5.56 Å². The van der Waals surface area contributed by atoms with E-state index in [9.17, 15) is 9.59 Å². The predicted molar refractivity (Wildman–Crippen MR) is 85.4 cm³/mol. The number of hydrogen-bond donors (Lipinski definition) is 3. The van der Waals surface area contributed by atoms with Crippen LogP contribution in [0.2, 0.25) is 0 Å². The molecule has 0 saturated carbocycles. The van der Waals surface area contributed by atoms with Gasteiger partial charge in [-0.15, -0.1) is 0 Å². The summed E-state index contributed by atoms with van der Waals surface area (Å²) in [7, 11) is 0. The van der Waals surface area contributed by atoms with Crippen molar-refractivity contribution in [1.82, 2.24) is 16.0 Å². The maximum atomic E-state index is 11.8. The monoisotopic (exact) mass is 321 g/mol. The van der Waals surface area contributed by atoms with E-state index >= 15 is 0 Å². The molecule has 1 aliphatic heterocycles. The molecular formula is C16H23N3O4. The normalized spacial score (nSPS) is 13.6. The number of carbonyl (C=O) groups excluding carboxylic acids is 2. The minimum atomic E-state index is -0.283. The summed E-state index contributed by atoms with van der Waals surface area (Å²) in [5.41, 5.74) is 0.928. The van der Waals surface area contributed by atoms with E-state index in [0.29, 0.717) is 24.6 Å². The van der Waals surface area contributed by atoms with Crippen molar-refractivity contribution in [2.45, 2.75) is 26.8 Å². The van der Waals surface area contributed by atoms with Gasteiger partial charge in [0.1, 0.15) is 0 Å². The van der Waals surface area contributed by atoms with Crippen LogP contribution < -0.4 is 25.4 Å². The van der Waals surface area contributed by atoms with E-state index in [1.807, 2.05) is 39.0 Å². The van der Waals surface area contributed by atoms with Gasteiger partial charge in [0.15, 0.2) is 11.5 Å². The largest absolute Gasteiger partial charge is 0.454 e. The van der Waals surface area contributed by atoms with E-state index in [-0.39, 0.29) is 30.7 Å². The molecule has 1 atom stereocenters. The molecule has 3 N–H and O–H groups in total. The Bertz CT molecular complexity index is 574. The molecule has 1 heterocycles. The van der Waals surface area contributed by atoms with Crippen molar-refractivity contribution in [3.63, 3.8) is 0 Å². The average molecular weight is 321 g/mol. The Morgan fingerprint density at radius 3 is 2.52 bits per heavy atom. The van der Waals surface area contributed by atoms with Crippen LogP contribution in [0, 0.1) is 5.92 Å². The molecule has 0 spiro atoms. The average Bonchev–Trinajstić information content (AvgIpc) is 2.98. The van der Waals surface area contributed by atoms with Crippen molar-refractivity contribution < 1.29 is 19.1 Å². The van der Waals surface area contributed by atoms with Gasteiger partial charge in [-0.05, 0) is 24.6 Å². The molecule has 0 radical (unpaired) electrons. The summed E-state index contributed by atoms with van der Waals surface area (Å²) >= 11 is 0. The first kappa shape index (κ1) is 16.9. The second kappa shape index (κ2) is 7.71. The lowest BCUT2D eigenvalue weighted by Gasteiger charge is -2.16. The third kappa shape index (κ3) is 4.77.